The van der Waals surface area contributed by atoms with E-state index in [0.717, 1.165) is 38.4 Å². The van der Waals surface area contributed by atoms with Crippen LogP contribution in [0.25, 0.3) is 10.9 Å². The van der Waals surface area contributed by atoms with E-state index in [9.17, 15) is 9.18 Å². The van der Waals surface area contributed by atoms with E-state index in [-0.39, 0.29) is 11.7 Å². The van der Waals surface area contributed by atoms with Gasteiger partial charge in [0.15, 0.2) is 0 Å². The summed E-state index contributed by atoms with van der Waals surface area (Å²) in [5, 5.41) is 3.49. The van der Waals surface area contributed by atoms with Gasteiger partial charge in [0.1, 0.15) is 5.82 Å². The van der Waals surface area contributed by atoms with Crippen LogP contribution in [-0.2, 0) is 4.74 Å². The van der Waals surface area contributed by atoms with Crippen molar-refractivity contribution >= 4 is 16.8 Å². The quantitative estimate of drug-likeness (QED) is 0.894. The number of nitrogens with zero attached hydrogens (tertiary/aromatic N) is 1. The Morgan fingerprint density at radius 2 is 2.19 bits per heavy atom. The number of morpholine rings is 1. The topological polar surface area (TPSA) is 57.4 Å². The molecule has 1 aromatic heterocycles. The Hall–Kier alpha value is -1.92. The second-order valence-corrected chi connectivity index (χ2v) is 5.10. The van der Waals surface area contributed by atoms with E-state index in [1.807, 2.05) is 0 Å². The number of aromatic nitrogens is 1. The van der Waals surface area contributed by atoms with Gasteiger partial charge in [0, 0.05) is 43.3 Å². The lowest BCUT2D eigenvalue weighted by molar-refractivity contribution is 0.0383. The fourth-order valence-electron chi connectivity index (χ4n) is 2.53. The molecule has 0 radical (unpaired) electrons. The highest BCUT2D eigenvalue weighted by Crippen LogP contribution is 2.19. The second-order valence-electron chi connectivity index (χ2n) is 5.10. The monoisotopic (exact) mass is 291 g/mol. The summed E-state index contributed by atoms with van der Waals surface area (Å²) in [5.41, 5.74) is 1.24. The van der Waals surface area contributed by atoms with Crippen molar-refractivity contribution in [3.8, 4) is 0 Å². The van der Waals surface area contributed by atoms with Crippen molar-refractivity contribution in [2.24, 2.45) is 0 Å². The molecule has 21 heavy (non-hydrogen) atoms. The van der Waals surface area contributed by atoms with Crippen molar-refractivity contribution in [1.82, 2.24) is 15.2 Å². The van der Waals surface area contributed by atoms with Gasteiger partial charge in [-0.1, -0.05) is 0 Å². The highest BCUT2D eigenvalue weighted by molar-refractivity contribution is 6.06. The van der Waals surface area contributed by atoms with Gasteiger partial charge in [-0.05, 0) is 18.2 Å². The summed E-state index contributed by atoms with van der Waals surface area (Å²) in [7, 11) is 0. The average Bonchev–Trinajstić information content (AvgIpc) is 2.91. The Kier molecular flexibility index (Phi) is 4.17. The van der Waals surface area contributed by atoms with E-state index in [1.54, 1.807) is 12.3 Å². The molecule has 1 aromatic carbocycles. The van der Waals surface area contributed by atoms with Gasteiger partial charge in [0.2, 0.25) is 0 Å². The molecule has 0 unspecified atom stereocenters. The lowest BCUT2D eigenvalue weighted by Gasteiger charge is -2.26. The number of benzene rings is 1. The smallest absolute Gasteiger partial charge is 0.253 e. The maximum atomic E-state index is 13.3. The lowest BCUT2D eigenvalue weighted by atomic mass is 10.1. The standard InChI is InChI=1S/C15H18FN3O2/c16-11-1-2-14-12(9-11)13(10-18-14)15(20)17-3-4-19-5-7-21-8-6-19/h1-2,9-10,18H,3-8H2,(H,17,20). The van der Waals surface area contributed by atoms with Gasteiger partial charge in [0.05, 0.1) is 18.8 Å². The SMILES string of the molecule is O=C(NCCN1CCOCC1)c1c[nH]c2ccc(F)cc12. The molecule has 0 bridgehead atoms. The highest BCUT2D eigenvalue weighted by atomic mass is 19.1. The molecule has 2 aromatic rings. The molecule has 1 saturated heterocycles. The molecule has 0 spiro atoms. The van der Waals surface area contributed by atoms with Crippen LogP contribution in [0.2, 0.25) is 0 Å². The first-order valence-electron chi connectivity index (χ1n) is 7.09. The van der Waals surface area contributed by atoms with Crippen LogP contribution in [0, 0.1) is 5.82 Å². The van der Waals surface area contributed by atoms with Crippen LogP contribution >= 0.6 is 0 Å². The minimum absolute atomic E-state index is 0.180. The minimum Gasteiger partial charge on any atom is -0.379 e. The number of halogens is 1. The number of carbonyl (C=O) groups is 1. The highest BCUT2D eigenvalue weighted by Gasteiger charge is 2.14. The Morgan fingerprint density at radius 1 is 1.38 bits per heavy atom. The number of carbonyl (C=O) groups excluding carboxylic acids is 1. The molecule has 0 saturated carbocycles. The average molecular weight is 291 g/mol. The Balaban J connectivity index is 1.60. The van der Waals surface area contributed by atoms with Gasteiger partial charge >= 0.3 is 0 Å². The van der Waals surface area contributed by atoms with Crippen LogP contribution in [0.3, 0.4) is 0 Å². The zero-order valence-corrected chi connectivity index (χ0v) is 11.7. The van der Waals surface area contributed by atoms with Gasteiger partial charge in [-0.15, -0.1) is 0 Å². The molecule has 3 rings (SSSR count). The molecular weight excluding hydrogens is 273 g/mol. The van der Waals surface area contributed by atoms with Gasteiger partial charge in [0.25, 0.3) is 5.91 Å². The van der Waals surface area contributed by atoms with Gasteiger partial charge < -0.3 is 15.0 Å². The molecule has 1 amide bonds. The lowest BCUT2D eigenvalue weighted by Crippen LogP contribution is -2.41. The number of fused-ring (bicyclic) bond motifs is 1. The maximum absolute atomic E-state index is 13.3. The van der Waals surface area contributed by atoms with Gasteiger partial charge in [-0.2, -0.15) is 0 Å². The molecular formula is C15H18FN3O2. The van der Waals surface area contributed by atoms with E-state index in [1.165, 1.54) is 12.1 Å². The van der Waals surface area contributed by atoms with Crippen molar-refractivity contribution in [3.05, 3.63) is 35.8 Å². The predicted molar refractivity (Wildman–Crippen MR) is 77.8 cm³/mol. The number of hydrogen-bond donors (Lipinski definition) is 2. The largest absolute Gasteiger partial charge is 0.379 e. The number of aromatic amines is 1. The third-order valence-corrected chi connectivity index (χ3v) is 3.71. The predicted octanol–water partition coefficient (Wildman–Crippen LogP) is 1.37. The molecule has 6 heteroatoms. The first kappa shape index (κ1) is 14.0. The zero-order valence-electron chi connectivity index (χ0n) is 11.7. The summed E-state index contributed by atoms with van der Waals surface area (Å²) in [6, 6.07) is 4.39. The molecule has 112 valence electrons. The third-order valence-electron chi connectivity index (χ3n) is 3.71. The van der Waals surface area contributed by atoms with E-state index >= 15 is 0 Å². The molecule has 1 aliphatic rings. The molecule has 0 atom stereocenters. The van der Waals surface area contributed by atoms with E-state index < -0.39 is 0 Å². The second kappa shape index (κ2) is 6.24. The van der Waals surface area contributed by atoms with Crippen molar-refractivity contribution < 1.29 is 13.9 Å². The molecule has 1 aliphatic heterocycles. The fraction of sp³-hybridized carbons (Fsp3) is 0.400. The zero-order chi connectivity index (χ0) is 14.7. The third kappa shape index (κ3) is 3.22. The minimum atomic E-state index is -0.343. The molecule has 2 heterocycles. The van der Waals surface area contributed by atoms with Gasteiger partial charge in [-0.25, -0.2) is 4.39 Å². The summed E-state index contributed by atoms with van der Waals surface area (Å²) in [6.07, 6.45) is 1.62. The van der Waals surface area contributed by atoms with E-state index in [0.29, 0.717) is 17.5 Å². The number of nitrogens with one attached hydrogen (secondary N) is 2. The maximum Gasteiger partial charge on any atom is 0.253 e. The fourth-order valence-corrected chi connectivity index (χ4v) is 2.53. The summed E-state index contributed by atoms with van der Waals surface area (Å²) in [6.45, 7) is 4.65. The molecule has 5 nitrogen and oxygen atoms in total. The van der Waals surface area contributed by atoms with Crippen molar-refractivity contribution in [3.63, 3.8) is 0 Å². The Bertz CT molecular complexity index is 635. The van der Waals surface area contributed by atoms with Crippen LogP contribution in [0.5, 0.6) is 0 Å². The summed E-state index contributed by atoms with van der Waals surface area (Å²) in [4.78, 5) is 17.4. The molecule has 2 N–H and O–H groups in total. The molecule has 1 fully saturated rings. The van der Waals surface area contributed by atoms with Crippen LogP contribution in [0.4, 0.5) is 4.39 Å². The number of hydrogen-bond acceptors (Lipinski definition) is 3. The van der Waals surface area contributed by atoms with Gasteiger partial charge in [-0.3, -0.25) is 9.69 Å². The van der Waals surface area contributed by atoms with E-state index in [2.05, 4.69) is 15.2 Å². The number of amides is 1. The normalized spacial score (nSPS) is 16.2. The van der Waals surface area contributed by atoms with Crippen LogP contribution in [-0.4, -0.2) is 55.2 Å². The summed E-state index contributed by atoms with van der Waals surface area (Å²) < 4.78 is 18.6. The Morgan fingerprint density at radius 3 is 3.00 bits per heavy atom. The number of H-pyrrole nitrogens is 1. The summed E-state index contributed by atoms with van der Waals surface area (Å²) >= 11 is 0. The molecule has 0 aliphatic carbocycles. The first-order valence-corrected chi connectivity index (χ1v) is 7.09. The Labute approximate surface area is 122 Å². The van der Waals surface area contributed by atoms with Crippen molar-refractivity contribution in [2.75, 3.05) is 39.4 Å². The summed E-state index contributed by atoms with van der Waals surface area (Å²) in [5.74, 6) is -0.524. The van der Waals surface area contributed by atoms with E-state index in [4.69, 9.17) is 4.74 Å². The van der Waals surface area contributed by atoms with Crippen LogP contribution < -0.4 is 5.32 Å². The first-order chi connectivity index (χ1) is 10.2. The van der Waals surface area contributed by atoms with Crippen LogP contribution in [0.15, 0.2) is 24.4 Å². The number of rotatable bonds is 4. The number of ether oxygens (including phenoxy) is 1. The van der Waals surface area contributed by atoms with Crippen molar-refractivity contribution in [1.29, 1.82) is 0 Å². The van der Waals surface area contributed by atoms with Crippen LogP contribution in [0.1, 0.15) is 10.4 Å². The van der Waals surface area contributed by atoms with Crippen molar-refractivity contribution in [2.45, 2.75) is 0 Å².